The normalized spacial score (nSPS) is 26.4. The van der Waals surface area contributed by atoms with Crippen LogP contribution in [0.4, 0.5) is 0 Å². The Hall–Kier alpha value is -1.43. The number of hydrogen-bond acceptors (Lipinski definition) is 4. The predicted molar refractivity (Wildman–Crippen MR) is 74.9 cm³/mol. The van der Waals surface area contributed by atoms with Crippen LogP contribution in [0.1, 0.15) is 19.3 Å². The molecule has 1 aliphatic carbocycles. The Morgan fingerprint density at radius 2 is 2.15 bits per heavy atom. The summed E-state index contributed by atoms with van der Waals surface area (Å²) >= 11 is 0. The minimum atomic E-state index is 0.246. The number of likely N-dealkylation sites (N-methyl/N-ethyl adjacent to an activating group) is 1. The first kappa shape index (κ1) is 13.5. The van der Waals surface area contributed by atoms with Crippen LogP contribution in [0.2, 0.25) is 0 Å². The monoisotopic (exact) mass is 277 g/mol. The van der Waals surface area contributed by atoms with Gasteiger partial charge in [-0.2, -0.15) is 5.10 Å². The zero-order valence-electron chi connectivity index (χ0n) is 12.3. The van der Waals surface area contributed by atoms with Crippen molar-refractivity contribution in [2.75, 3.05) is 27.2 Å². The van der Waals surface area contributed by atoms with Crippen molar-refractivity contribution in [1.82, 2.24) is 24.6 Å². The SMILES string of the molecule is CN(C)[C@H]1CN(C(=O)CCn2cncn2)C[C@@H]1C1CC1. The largest absolute Gasteiger partial charge is 0.341 e. The molecule has 2 atom stereocenters. The van der Waals surface area contributed by atoms with E-state index < -0.39 is 0 Å². The minimum absolute atomic E-state index is 0.246. The van der Waals surface area contributed by atoms with E-state index in [1.165, 1.54) is 19.2 Å². The lowest BCUT2D eigenvalue weighted by Crippen LogP contribution is -2.37. The predicted octanol–water partition coefficient (Wildman–Crippen LogP) is 0.467. The lowest BCUT2D eigenvalue weighted by Gasteiger charge is -2.24. The zero-order valence-corrected chi connectivity index (χ0v) is 12.3. The van der Waals surface area contributed by atoms with Crippen molar-refractivity contribution in [1.29, 1.82) is 0 Å². The number of carbonyl (C=O) groups is 1. The van der Waals surface area contributed by atoms with E-state index in [9.17, 15) is 4.79 Å². The van der Waals surface area contributed by atoms with Crippen molar-refractivity contribution in [2.24, 2.45) is 11.8 Å². The van der Waals surface area contributed by atoms with Gasteiger partial charge in [0.2, 0.25) is 5.91 Å². The van der Waals surface area contributed by atoms with Gasteiger partial charge in [0.25, 0.3) is 0 Å². The van der Waals surface area contributed by atoms with Gasteiger partial charge < -0.3 is 9.80 Å². The molecule has 1 aromatic heterocycles. The number of aromatic nitrogens is 3. The van der Waals surface area contributed by atoms with Crippen LogP contribution >= 0.6 is 0 Å². The molecule has 110 valence electrons. The second-order valence-corrected chi connectivity index (χ2v) is 6.24. The molecule has 20 heavy (non-hydrogen) atoms. The van der Waals surface area contributed by atoms with Gasteiger partial charge in [-0.1, -0.05) is 0 Å². The third-order valence-corrected chi connectivity index (χ3v) is 4.60. The Bertz CT molecular complexity index is 444. The van der Waals surface area contributed by atoms with Gasteiger partial charge >= 0.3 is 0 Å². The maximum absolute atomic E-state index is 12.3. The number of hydrogen-bond donors (Lipinski definition) is 0. The van der Waals surface area contributed by atoms with Gasteiger partial charge in [0.1, 0.15) is 12.7 Å². The molecule has 0 radical (unpaired) electrons. The number of rotatable bonds is 5. The Balaban J connectivity index is 1.55. The van der Waals surface area contributed by atoms with Gasteiger partial charge in [-0.25, -0.2) is 4.98 Å². The molecule has 1 saturated carbocycles. The summed E-state index contributed by atoms with van der Waals surface area (Å²) in [7, 11) is 4.26. The third-order valence-electron chi connectivity index (χ3n) is 4.60. The van der Waals surface area contributed by atoms with Crippen LogP contribution in [-0.2, 0) is 11.3 Å². The molecule has 0 aromatic carbocycles. The number of amides is 1. The number of likely N-dealkylation sites (tertiary alicyclic amines) is 1. The van der Waals surface area contributed by atoms with Crippen molar-refractivity contribution in [3.05, 3.63) is 12.7 Å². The Morgan fingerprint density at radius 3 is 2.75 bits per heavy atom. The molecule has 3 rings (SSSR count). The van der Waals surface area contributed by atoms with E-state index in [1.54, 1.807) is 11.0 Å². The Morgan fingerprint density at radius 1 is 1.35 bits per heavy atom. The molecule has 2 aliphatic rings. The van der Waals surface area contributed by atoms with Gasteiger partial charge in [0.05, 0.1) is 6.54 Å². The molecule has 1 amide bonds. The van der Waals surface area contributed by atoms with E-state index in [2.05, 4.69) is 29.1 Å². The molecule has 0 unspecified atom stereocenters. The summed E-state index contributed by atoms with van der Waals surface area (Å²) < 4.78 is 1.72. The molecule has 0 spiro atoms. The zero-order chi connectivity index (χ0) is 14.1. The highest BCUT2D eigenvalue weighted by Crippen LogP contribution is 2.42. The molecule has 1 aromatic rings. The van der Waals surface area contributed by atoms with Crippen molar-refractivity contribution in [3.8, 4) is 0 Å². The van der Waals surface area contributed by atoms with Crippen molar-refractivity contribution >= 4 is 5.91 Å². The van der Waals surface area contributed by atoms with Crippen LogP contribution in [0.3, 0.4) is 0 Å². The molecule has 2 heterocycles. The summed E-state index contributed by atoms with van der Waals surface area (Å²) in [6, 6.07) is 0.526. The highest BCUT2D eigenvalue weighted by molar-refractivity contribution is 5.76. The second kappa shape index (κ2) is 5.52. The molecule has 2 fully saturated rings. The fourth-order valence-electron chi connectivity index (χ4n) is 3.27. The summed E-state index contributed by atoms with van der Waals surface area (Å²) in [6.07, 6.45) is 6.37. The van der Waals surface area contributed by atoms with Gasteiger partial charge in [-0.05, 0) is 38.8 Å². The van der Waals surface area contributed by atoms with E-state index in [0.29, 0.717) is 24.9 Å². The first-order valence-electron chi connectivity index (χ1n) is 7.42. The van der Waals surface area contributed by atoms with E-state index >= 15 is 0 Å². The summed E-state index contributed by atoms with van der Waals surface area (Å²) in [5, 5.41) is 4.04. The third kappa shape index (κ3) is 2.85. The van der Waals surface area contributed by atoms with E-state index in [0.717, 1.165) is 19.0 Å². The summed E-state index contributed by atoms with van der Waals surface area (Å²) in [5.41, 5.74) is 0. The fraction of sp³-hybridized carbons (Fsp3) is 0.786. The maximum atomic E-state index is 12.3. The Kier molecular flexibility index (Phi) is 3.74. The van der Waals surface area contributed by atoms with Crippen LogP contribution in [0.25, 0.3) is 0 Å². The average Bonchev–Trinajstić information content (AvgIpc) is 2.97. The summed E-state index contributed by atoms with van der Waals surface area (Å²) in [5.74, 6) is 1.76. The second-order valence-electron chi connectivity index (χ2n) is 6.24. The van der Waals surface area contributed by atoms with Crippen molar-refractivity contribution < 1.29 is 4.79 Å². The number of carbonyl (C=O) groups excluding carboxylic acids is 1. The minimum Gasteiger partial charge on any atom is -0.341 e. The van der Waals surface area contributed by atoms with Crippen LogP contribution < -0.4 is 0 Å². The summed E-state index contributed by atoms with van der Waals surface area (Å²) in [6.45, 7) is 2.43. The fourth-order valence-corrected chi connectivity index (χ4v) is 3.27. The van der Waals surface area contributed by atoms with Gasteiger partial charge in [0, 0.05) is 25.6 Å². The lowest BCUT2D eigenvalue weighted by molar-refractivity contribution is -0.130. The number of aryl methyl sites for hydroxylation is 1. The molecule has 0 N–H and O–H groups in total. The van der Waals surface area contributed by atoms with Gasteiger partial charge in [-0.15, -0.1) is 0 Å². The maximum Gasteiger partial charge on any atom is 0.224 e. The summed E-state index contributed by atoms with van der Waals surface area (Å²) in [4.78, 5) is 20.6. The molecular weight excluding hydrogens is 254 g/mol. The van der Waals surface area contributed by atoms with E-state index in [-0.39, 0.29) is 5.91 Å². The molecule has 6 heteroatoms. The van der Waals surface area contributed by atoms with Gasteiger partial charge in [-0.3, -0.25) is 9.48 Å². The molecule has 0 bridgehead atoms. The lowest BCUT2D eigenvalue weighted by atomic mass is 9.97. The average molecular weight is 277 g/mol. The molecule has 1 aliphatic heterocycles. The van der Waals surface area contributed by atoms with E-state index in [1.807, 2.05) is 4.90 Å². The van der Waals surface area contributed by atoms with Crippen LogP contribution in [0.15, 0.2) is 12.7 Å². The first-order chi connectivity index (χ1) is 9.65. The van der Waals surface area contributed by atoms with Crippen molar-refractivity contribution in [2.45, 2.75) is 31.8 Å². The van der Waals surface area contributed by atoms with Gasteiger partial charge in [0.15, 0.2) is 0 Å². The van der Waals surface area contributed by atoms with E-state index in [4.69, 9.17) is 0 Å². The van der Waals surface area contributed by atoms with Crippen molar-refractivity contribution in [3.63, 3.8) is 0 Å². The topological polar surface area (TPSA) is 54.3 Å². The smallest absolute Gasteiger partial charge is 0.224 e. The molecule has 6 nitrogen and oxygen atoms in total. The van der Waals surface area contributed by atoms with Crippen LogP contribution in [0, 0.1) is 11.8 Å². The quantitative estimate of drug-likeness (QED) is 0.785. The highest BCUT2D eigenvalue weighted by Gasteiger charge is 2.44. The van der Waals surface area contributed by atoms with Crippen LogP contribution in [-0.4, -0.2) is 63.7 Å². The van der Waals surface area contributed by atoms with Crippen LogP contribution in [0.5, 0.6) is 0 Å². The Labute approximate surface area is 119 Å². The molecule has 1 saturated heterocycles. The molecular formula is C14H23N5O. The highest BCUT2D eigenvalue weighted by atomic mass is 16.2. The first-order valence-corrected chi connectivity index (χ1v) is 7.42. The standard InChI is InChI=1S/C14H23N5O/c1-17(2)13-8-18(7-12(13)11-3-4-11)14(20)5-6-19-10-15-9-16-19/h9-13H,3-8H2,1-2H3/t12-,13+/m1/s1. The number of nitrogens with zero attached hydrogens (tertiary/aromatic N) is 5.